The van der Waals surface area contributed by atoms with Crippen molar-refractivity contribution in [3.8, 4) is 0 Å². The molecule has 3 nitrogen and oxygen atoms in total. The first-order valence-electron chi connectivity index (χ1n) is 3.96. The van der Waals surface area contributed by atoms with Gasteiger partial charge >= 0.3 is 0 Å². The molecule has 2 heterocycles. The first-order valence-corrected chi connectivity index (χ1v) is 3.96. The number of rotatable bonds is 0. The fraction of sp³-hybridized carbons (Fsp3) is 0.857. The lowest BCUT2D eigenvalue weighted by atomic mass is 10.2. The Morgan fingerprint density at radius 3 is 3.40 bits per heavy atom. The van der Waals surface area contributed by atoms with Crippen molar-refractivity contribution in [3.05, 3.63) is 0 Å². The number of hydrogen-bond donors (Lipinski definition) is 1. The van der Waals surface area contributed by atoms with Crippen molar-refractivity contribution in [2.75, 3.05) is 19.6 Å². The monoisotopic (exact) mass is 139 g/mol. The molecule has 0 saturated carbocycles. The molecule has 10 heavy (non-hydrogen) atoms. The van der Waals surface area contributed by atoms with Crippen molar-refractivity contribution in [3.63, 3.8) is 0 Å². The van der Waals surface area contributed by atoms with Gasteiger partial charge in [-0.15, -0.1) is 0 Å². The largest absolute Gasteiger partial charge is 0.283 e. The van der Waals surface area contributed by atoms with Crippen molar-refractivity contribution in [1.82, 2.24) is 10.2 Å². The molecule has 0 bridgehead atoms. The van der Waals surface area contributed by atoms with Crippen molar-refractivity contribution < 1.29 is 0 Å². The summed E-state index contributed by atoms with van der Waals surface area (Å²) >= 11 is 0. The topological polar surface area (TPSA) is 27.6 Å². The summed E-state index contributed by atoms with van der Waals surface area (Å²) in [5, 5.41) is 3.35. The summed E-state index contributed by atoms with van der Waals surface area (Å²) in [6.07, 6.45) is 4.73. The van der Waals surface area contributed by atoms with Crippen LogP contribution in [0.25, 0.3) is 0 Å². The molecule has 1 fully saturated rings. The first-order chi connectivity index (χ1) is 4.97. The van der Waals surface area contributed by atoms with Crippen LogP contribution in [-0.4, -0.2) is 37.0 Å². The summed E-state index contributed by atoms with van der Waals surface area (Å²) in [6, 6.07) is 0. The summed E-state index contributed by atoms with van der Waals surface area (Å²) in [4.78, 5) is 6.73. The molecule has 2 rings (SSSR count). The first kappa shape index (κ1) is 6.31. The quantitative estimate of drug-likeness (QED) is 0.513. The van der Waals surface area contributed by atoms with E-state index in [2.05, 4.69) is 15.2 Å². The maximum absolute atomic E-state index is 4.34. The maximum Gasteiger partial charge on any atom is 0.155 e. The minimum atomic E-state index is 0.308. The number of aliphatic imine (C=N–C) groups is 1. The normalized spacial score (nSPS) is 33.8. The van der Waals surface area contributed by atoms with Gasteiger partial charge in [-0.1, -0.05) is 0 Å². The predicted octanol–water partition coefficient (Wildman–Crippen LogP) is 0.0398. The van der Waals surface area contributed by atoms with Crippen LogP contribution in [-0.2, 0) is 0 Å². The Morgan fingerprint density at radius 2 is 2.50 bits per heavy atom. The highest BCUT2D eigenvalue weighted by atomic mass is 15.4. The SMILES string of the molecule is C1=NC2NCCCN2CC1. The maximum atomic E-state index is 4.34. The third-order valence-corrected chi connectivity index (χ3v) is 2.09. The van der Waals surface area contributed by atoms with E-state index >= 15 is 0 Å². The molecule has 0 radical (unpaired) electrons. The zero-order valence-corrected chi connectivity index (χ0v) is 6.08. The average Bonchev–Trinajstić information content (AvgIpc) is 2.05. The van der Waals surface area contributed by atoms with E-state index in [1.165, 1.54) is 19.5 Å². The van der Waals surface area contributed by atoms with Crippen LogP contribution in [0.1, 0.15) is 12.8 Å². The molecular weight excluding hydrogens is 126 g/mol. The molecule has 2 aliphatic heterocycles. The standard InChI is InChI=1S/C7H13N3/c1-3-8-7-9-4-2-6-10(7)5-1/h3,7,9H,1-2,4-6H2. The van der Waals surface area contributed by atoms with E-state index in [0.717, 1.165) is 13.0 Å². The van der Waals surface area contributed by atoms with E-state index in [9.17, 15) is 0 Å². The zero-order valence-electron chi connectivity index (χ0n) is 6.08. The molecule has 0 aromatic carbocycles. The van der Waals surface area contributed by atoms with Gasteiger partial charge < -0.3 is 0 Å². The van der Waals surface area contributed by atoms with E-state index < -0.39 is 0 Å². The van der Waals surface area contributed by atoms with Crippen molar-refractivity contribution in [2.24, 2.45) is 4.99 Å². The molecule has 2 aliphatic rings. The molecule has 1 atom stereocenters. The Bertz CT molecular complexity index is 144. The smallest absolute Gasteiger partial charge is 0.155 e. The van der Waals surface area contributed by atoms with Gasteiger partial charge in [-0.25, -0.2) is 0 Å². The van der Waals surface area contributed by atoms with Crippen molar-refractivity contribution in [1.29, 1.82) is 0 Å². The third kappa shape index (κ3) is 1.07. The second kappa shape index (κ2) is 2.68. The summed E-state index contributed by atoms with van der Waals surface area (Å²) in [5.41, 5.74) is 0. The second-order valence-electron chi connectivity index (χ2n) is 2.84. The number of nitrogens with zero attached hydrogens (tertiary/aromatic N) is 2. The highest BCUT2D eigenvalue weighted by Crippen LogP contribution is 2.08. The highest BCUT2D eigenvalue weighted by Gasteiger charge is 2.21. The van der Waals surface area contributed by atoms with Crippen LogP contribution in [0.2, 0.25) is 0 Å². The molecule has 0 aliphatic carbocycles. The van der Waals surface area contributed by atoms with Crippen LogP contribution in [0, 0.1) is 0 Å². The van der Waals surface area contributed by atoms with Crippen molar-refractivity contribution >= 4 is 6.21 Å². The number of hydrogen-bond acceptors (Lipinski definition) is 3. The van der Waals surface area contributed by atoms with Gasteiger partial charge in [0.25, 0.3) is 0 Å². The van der Waals surface area contributed by atoms with Gasteiger partial charge in [0.1, 0.15) is 0 Å². The molecular formula is C7H13N3. The Hall–Kier alpha value is -0.410. The van der Waals surface area contributed by atoms with E-state index in [1.54, 1.807) is 0 Å². The van der Waals surface area contributed by atoms with Crippen molar-refractivity contribution in [2.45, 2.75) is 19.1 Å². The average molecular weight is 139 g/mol. The van der Waals surface area contributed by atoms with Gasteiger partial charge in [0.2, 0.25) is 0 Å². The fourth-order valence-corrected chi connectivity index (χ4v) is 1.54. The van der Waals surface area contributed by atoms with Crippen LogP contribution in [0.3, 0.4) is 0 Å². The fourth-order valence-electron chi connectivity index (χ4n) is 1.54. The molecule has 0 aromatic heterocycles. The third-order valence-electron chi connectivity index (χ3n) is 2.09. The lowest BCUT2D eigenvalue weighted by Crippen LogP contribution is -2.52. The van der Waals surface area contributed by atoms with E-state index in [0.29, 0.717) is 6.29 Å². The van der Waals surface area contributed by atoms with Crippen LogP contribution in [0.15, 0.2) is 4.99 Å². The lowest BCUT2D eigenvalue weighted by Gasteiger charge is -2.35. The molecule has 3 heteroatoms. The second-order valence-corrected chi connectivity index (χ2v) is 2.84. The van der Waals surface area contributed by atoms with Gasteiger partial charge in [-0.05, 0) is 19.4 Å². The summed E-state index contributed by atoms with van der Waals surface area (Å²) in [7, 11) is 0. The van der Waals surface area contributed by atoms with Crippen LogP contribution in [0.4, 0.5) is 0 Å². The van der Waals surface area contributed by atoms with Gasteiger partial charge in [0, 0.05) is 19.3 Å². The minimum Gasteiger partial charge on any atom is -0.283 e. The van der Waals surface area contributed by atoms with Gasteiger partial charge in [-0.2, -0.15) is 0 Å². The Kier molecular flexibility index (Phi) is 1.69. The van der Waals surface area contributed by atoms with Crippen LogP contribution >= 0.6 is 0 Å². The minimum absolute atomic E-state index is 0.308. The van der Waals surface area contributed by atoms with E-state index in [-0.39, 0.29) is 0 Å². The van der Waals surface area contributed by atoms with E-state index in [1.807, 2.05) is 6.21 Å². The molecule has 0 amide bonds. The summed E-state index contributed by atoms with van der Waals surface area (Å²) in [6.45, 7) is 3.52. The van der Waals surface area contributed by atoms with Crippen LogP contribution in [0.5, 0.6) is 0 Å². The van der Waals surface area contributed by atoms with Gasteiger partial charge in [0.15, 0.2) is 6.29 Å². The molecule has 0 aromatic rings. The summed E-state index contributed by atoms with van der Waals surface area (Å²) < 4.78 is 0. The van der Waals surface area contributed by atoms with E-state index in [4.69, 9.17) is 0 Å². The Morgan fingerprint density at radius 1 is 1.50 bits per heavy atom. The van der Waals surface area contributed by atoms with Gasteiger partial charge in [0.05, 0.1) is 0 Å². The number of nitrogens with one attached hydrogen (secondary N) is 1. The molecule has 1 saturated heterocycles. The number of fused-ring (bicyclic) bond motifs is 1. The molecule has 1 unspecified atom stereocenters. The lowest BCUT2D eigenvalue weighted by molar-refractivity contribution is 0.134. The highest BCUT2D eigenvalue weighted by molar-refractivity contribution is 5.58. The Balaban J connectivity index is 2.03. The molecule has 56 valence electrons. The molecule has 1 N–H and O–H groups in total. The zero-order chi connectivity index (χ0) is 6.81. The Labute approximate surface area is 61.1 Å². The van der Waals surface area contributed by atoms with Crippen LogP contribution < -0.4 is 5.32 Å². The van der Waals surface area contributed by atoms with Gasteiger partial charge in [-0.3, -0.25) is 15.2 Å². The summed E-state index contributed by atoms with van der Waals surface area (Å²) in [5.74, 6) is 0. The predicted molar refractivity (Wildman–Crippen MR) is 41.1 cm³/mol. The molecule has 0 spiro atoms.